The number of ether oxygens (including phenoxy) is 2. The van der Waals surface area contributed by atoms with E-state index in [0.717, 1.165) is 11.6 Å². The van der Waals surface area contributed by atoms with Crippen LogP contribution in [0.5, 0.6) is 17.2 Å². The smallest absolute Gasteiger partial charge is 0.420 e. The Kier molecular flexibility index (Phi) is 4.37. The van der Waals surface area contributed by atoms with Crippen LogP contribution in [0.4, 0.5) is 13.2 Å². The molecule has 0 saturated heterocycles. The molecule has 0 saturated carbocycles. The summed E-state index contributed by atoms with van der Waals surface area (Å²) >= 11 is 0. The maximum absolute atomic E-state index is 13.0. The average molecular weight is 297 g/mol. The second-order valence-corrected chi connectivity index (χ2v) is 4.31. The summed E-state index contributed by atoms with van der Waals surface area (Å²) in [4.78, 5) is 0. The Morgan fingerprint density at radius 1 is 1.00 bits per heavy atom. The number of hydrogen-bond donors (Lipinski definition) is 1. The van der Waals surface area contributed by atoms with Crippen LogP contribution >= 0.6 is 0 Å². The van der Waals surface area contributed by atoms with Gasteiger partial charge in [0.25, 0.3) is 0 Å². The summed E-state index contributed by atoms with van der Waals surface area (Å²) in [6, 6.07) is 10.1. The molecule has 0 fully saturated rings. The second kappa shape index (κ2) is 6.05. The van der Waals surface area contributed by atoms with Crippen molar-refractivity contribution in [3.8, 4) is 17.2 Å². The van der Waals surface area contributed by atoms with Gasteiger partial charge in [-0.1, -0.05) is 12.1 Å². The molecule has 2 rings (SSSR count). The van der Waals surface area contributed by atoms with Gasteiger partial charge >= 0.3 is 6.18 Å². The van der Waals surface area contributed by atoms with Crippen molar-refractivity contribution in [3.63, 3.8) is 0 Å². The molecule has 112 valence electrons. The first-order valence-corrected chi connectivity index (χ1v) is 6.16. The minimum atomic E-state index is -4.53. The molecule has 2 N–H and O–H groups in total. The van der Waals surface area contributed by atoms with Crippen molar-refractivity contribution >= 4 is 0 Å². The summed E-state index contributed by atoms with van der Waals surface area (Å²) in [7, 11) is 1.31. The summed E-state index contributed by atoms with van der Waals surface area (Å²) in [5.74, 6) is 0.153. The number of nitrogens with two attached hydrogens (primary N) is 1. The quantitative estimate of drug-likeness (QED) is 0.929. The van der Waals surface area contributed by atoms with Gasteiger partial charge in [-0.05, 0) is 35.9 Å². The number of alkyl halides is 3. The van der Waals surface area contributed by atoms with Crippen LogP contribution in [0.3, 0.4) is 0 Å². The molecule has 0 aliphatic heterocycles. The molecule has 2 aromatic rings. The molecule has 2 aromatic carbocycles. The minimum absolute atomic E-state index is 0.119. The number of hydrogen-bond acceptors (Lipinski definition) is 3. The average Bonchev–Trinajstić information content (AvgIpc) is 2.47. The number of benzene rings is 2. The molecule has 0 unspecified atom stereocenters. The number of halogens is 3. The Bertz CT molecular complexity index is 609. The van der Waals surface area contributed by atoms with Gasteiger partial charge in [-0.3, -0.25) is 0 Å². The molecule has 6 heteroatoms. The Labute approximate surface area is 120 Å². The van der Waals surface area contributed by atoms with Crippen LogP contribution in [0.25, 0.3) is 0 Å². The molecule has 3 nitrogen and oxygen atoms in total. The topological polar surface area (TPSA) is 44.5 Å². The van der Waals surface area contributed by atoms with Gasteiger partial charge < -0.3 is 15.2 Å². The van der Waals surface area contributed by atoms with Crippen LogP contribution in [0.2, 0.25) is 0 Å². The van der Waals surface area contributed by atoms with Gasteiger partial charge in [0, 0.05) is 6.54 Å². The Balaban J connectivity index is 2.34. The van der Waals surface area contributed by atoms with E-state index < -0.39 is 11.7 Å². The normalized spacial score (nSPS) is 11.3. The summed E-state index contributed by atoms with van der Waals surface area (Å²) in [6.07, 6.45) is -4.53. The fourth-order valence-corrected chi connectivity index (χ4v) is 1.77. The lowest BCUT2D eigenvalue weighted by molar-refractivity contribution is -0.138. The van der Waals surface area contributed by atoms with E-state index >= 15 is 0 Å². The highest BCUT2D eigenvalue weighted by atomic mass is 19.4. The molecule has 0 aliphatic carbocycles. The van der Waals surface area contributed by atoms with Crippen LogP contribution < -0.4 is 15.2 Å². The van der Waals surface area contributed by atoms with Crippen LogP contribution in [0.1, 0.15) is 11.1 Å². The molecular formula is C15H14F3NO2. The molecule has 21 heavy (non-hydrogen) atoms. The molecule has 0 aromatic heterocycles. The summed E-state index contributed by atoms with van der Waals surface area (Å²) in [5.41, 5.74) is 5.45. The largest absolute Gasteiger partial charge is 0.497 e. The lowest BCUT2D eigenvalue weighted by atomic mass is 10.1. The van der Waals surface area contributed by atoms with Gasteiger partial charge in [-0.15, -0.1) is 0 Å². The number of rotatable bonds is 4. The van der Waals surface area contributed by atoms with Gasteiger partial charge in [0.15, 0.2) is 0 Å². The first-order valence-electron chi connectivity index (χ1n) is 6.16. The van der Waals surface area contributed by atoms with Crippen LogP contribution in [0.15, 0.2) is 42.5 Å². The zero-order valence-corrected chi connectivity index (χ0v) is 11.3. The summed E-state index contributed by atoms with van der Waals surface area (Å²) < 4.78 is 49.2. The first kappa shape index (κ1) is 15.2. The minimum Gasteiger partial charge on any atom is -0.497 e. The fraction of sp³-hybridized carbons (Fsp3) is 0.200. The zero-order valence-electron chi connectivity index (χ0n) is 11.3. The van der Waals surface area contributed by atoms with Gasteiger partial charge in [0.1, 0.15) is 22.8 Å². The van der Waals surface area contributed by atoms with Crippen molar-refractivity contribution in [2.24, 2.45) is 5.73 Å². The maximum Gasteiger partial charge on any atom is 0.420 e. The van der Waals surface area contributed by atoms with E-state index in [0.29, 0.717) is 12.3 Å². The molecule has 0 spiro atoms. The van der Waals surface area contributed by atoms with E-state index in [1.54, 1.807) is 24.3 Å². The standard InChI is InChI=1S/C15H14F3NO2/c1-20-12-6-7-14(13(8-12)15(16,17)18)21-11-4-2-10(9-19)3-5-11/h2-8H,9,19H2,1H3. The van der Waals surface area contributed by atoms with Gasteiger partial charge in [0.05, 0.1) is 7.11 Å². The lowest BCUT2D eigenvalue weighted by Crippen LogP contribution is -2.07. The van der Waals surface area contributed by atoms with Crippen molar-refractivity contribution in [1.29, 1.82) is 0 Å². The van der Waals surface area contributed by atoms with E-state index in [-0.39, 0.29) is 11.5 Å². The molecule has 0 atom stereocenters. The van der Waals surface area contributed by atoms with Crippen molar-refractivity contribution in [2.75, 3.05) is 7.11 Å². The highest BCUT2D eigenvalue weighted by Gasteiger charge is 2.35. The number of methoxy groups -OCH3 is 1. The molecule has 0 amide bonds. The van der Waals surface area contributed by atoms with Crippen molar-refractivity contribution < 1.29 is 22.6 Å². The molecule has 0 aliphatic rings. The maximum atomic E-state index is 13.0. The molecule has 0 radical (unpaired) electrons. The van der Waals surface area contributed by atoms with E-state index in [1.807, 2.05) is 0 Å². The van der Waals surface area contributed by atoms with Crippen molar-refractivity contribution in [2.45, 2.75) is 12.7 Å². The first-order chi connectivity index (χ1) is 9.94. The van der Waals surface area contributed by atoms with Crippen LogP contribution in [-0.4, -0.2) is 7.11 Å². The second-order valence-electron chi connectivity index (χ2n) is 4.31. The highest BCUT2D eigenvalue weighted by molar-refractivity contribution is 5.44. The SMILES string of the molecule is COc1ccc(Oc2ccc(CN)cc2)c(C(F)(F)F)c1. The van der Waals surface area contributed by atoms with E-state index in [2.05, 4.69) is 0 Å². The predicted octanol–water partition coefficient (Wildman–Crippen LogP) is 3.97. The Morgan fingerprint density at radius 2 is 1.62 bits per heavy atom. The third-order valence-corrected chi connectivity index (χ3v) is 2.88. The van der Waals surface area contributed by atoms with Gasteiger partial charge in [0.2, 0.25) is 0 Å². The van der Waals surface area contributed by atoms with Crippen LogP contribution in [-0.2, 0) is 12.7 Å². The predicted molar refractivity (Wildman–Crippen MR) is 72.4 cm³/mol. The van der Waals surface area contributed by atoms with Crippen molar-refractivity contribution in [3.05, 3.63) is 53.6 Å². The zero-order chi connectivity index (χ0) is 15.5. The van der Waals surface area contributed by atoms with E-state index in [1.165, 1.54) is 19.2 Å². The monoisotopic (exact) mass is 297 g/mol. The van der Waals surface area contributed by atoms with E-state index in [4.69, 9.17) is 15.2 Å². The molecular weight excluding hydrogens is 283 g/mol. The van der Waals surface area contributed by atoms with Crippen LogP contribution in [0, 0.1) is 0 Å². The molecule has 0 heterocycles. The third-order valence-electron chi connectivity index (χ3n) is 2.88. The Morgan fingerprint density at radius 3 is 2.14 bits per heavy atom. The third kappa shape index (κ3) is 3.66. The van der Waals surface area contributed by atoms with Crippen molar-refractivity contribution in [1.82, 2.24) is 0 Å². The lowest BCUT2D eigenvalue weighted by Gasteiger charge is -2.15. The summed E-state index contributed by atoms with van der Waals surface area (Å²) in [5, 5.41) is 0. The van der Waals surface area contributed by atoms with Gasteiger partial charge in [-0.25, -0.2) is 0 Å². The fourth-order valence-electron chi connectivity index (χ4n) is 1.77. The van der Waals surface area contributed by atoms with E-state index in [9.17, 15) is 13.2 Å². The highest BCUT2D eigenvalue weighted by Crippen LogP contribution is 2.40. The van der Waals surface area contributed by atoms with Gasteiger partial charge in [-0.2, -0.15) is 13.2 Å². The molecule has 0 bridgehead atoms. The Hall–Kier alpha value is -2.21. The summed E-state index contributed by atoms with van der Waals surface area (Å²) in [6.45, 7) is 0.358.